The lowest BCUT2D eigenvalue weighted by Gasteiger charge is -2.24. The first-order chi connectivity index (χ1) is 11.2. The van der Waals surface area contributed by atoms with Crippen LogP contribution in [0.2, 0.25) is 0 Å². The Morgan fingerprint density at radius 1 is 1.04 bits per heavy atom. The van der Waals surface area contributed by atoms with Gasteiger partial charge in [0.25, 0.3) is 5.91 Å². The van der Waals surface area contributed by atoms with Crippen molar-refractivity contribution in [3.05, 3.63) is 63.7 Å². The average molecular weight is 420 g/mol. The number of para-hydroxylation sites is 1. The highest BCUT2D eigenvalue weighted by atomic mass is 127. The van der Waals surface area contributed by atoms with E-state index in [1.807, 2.05) is 42.5 Å². The highest BCUT2D eigenvalue weighted by molar-refractivity contribution is 14.1. The zero-order valence-corrected chi connectivity index (χ0v) is 14.7. The maximum absolute atomic E-state index is 12.6. The number of rotatable bonds is 3. The molecular formula is C18H17IN2O2. The number of nitrogens with one attached hydrogen (secondary N) is 1. The molecule has 4 nitrogen and oxygen atoms in total. The van der Waals surface area contributed by atoms with Crippen molar-refractivity contribution < 1.29 is 9.59 Å². The van der Waals surface area contributed by atoms with Gasteiger partial charge in [-0.05, 0) is 59.7 Å². The van der Waals surface area contributed by atoms with E-state index in [1.165, 1.54) is 0 Å². The van der Waals surface area contributed by atoms with Crippen LogP contribution >= 0.6 is 22.6 Å². The van der Waals surface area contributed by atoms with Gasteiger partial charge >= 0.3 is 0 Å². The lowest BCUT2D eigenvalue weighted by atomic mass is 10.1. The van der Waals surface area contributed by atoms with Gasteiger partial charge < -0.3 is 10.2 Å². The fourth-order valence-electron chi connectivity index (χ4n) is 2.81. The Morgan fingerprint density at radius 2 is 1.74 bits per heavy atom. The van der Waals surface area contributed by atoms with Crippen molar-refractivity contribution in [3.63, 3.8) is 0 Å². The van der Waals surface area contributed by atoms with Gasteiger partial charge in [0.15, 0.2) is 0 Å². The van der Waals surface area contributed by atoms with Gasteiger partial charge in [-0.15, -0.1) is 0 Å². The van der Waals surface area contributed by atoms with Crippen LogP contribution in [0.4, 0.5) is 5.69 Å². The summed E-state index contributed by atoms with van der Waals surface area (Å²) in [6, 6.07) is 16.4. The maximum Gasteiger partial charge on any atom is 0.254 e. The molecule has 0 aromatic heterocycles. The number of amides is 2. The predicted octanol–water partition coefficient (Wildman–Crippen LogP) is 3.53. The van der Waals surface area contributed by atoms with Crippen LogP contribution in [0, 0.1) is 3.57 Å². The fourth-order valence-corrected chi connectivity index (χ4v) is 3.33. The van der Waals surface area contributed by atoms with E-state index >= 15 is 0 Å². The minimum atomic E-state index is -0.404. The average Bonchev–Trinajstić information content (AvgIpc) is 3.07. The predicted molar refractivity (Wildman–Crippen MR) is 98.3 cm³/mol. The highest BCUT2D eigenvalue weighted by Crippen LogP contribution is 2.23. The molecule has 1 atom stereocenters. The first-order valence-electron chi connectivity index (χ1n) is 7.58. The molecule has 1 N–H and O–H groups in total. The standard InChI is InChI=1S/C18H17IN2O2/c19-14-9-4-5-10-15(14)20-17(22)16-11-6-12-21(16)18(23)13-7-2-1-3-8-13/h1-5,7-10,16H,6,11-12H2,(H,20,22)/t16-/m0/s1. The van der Waals surface area contributed by atoms with E-state index in [0.29, 0.717) is 18.5 Å². The van der Waals surface area contributed by atoms with E-state index in [9.17, 15) is 9.59 Å². The zero-order chi connectivity index (χ0) is 16.2. The number of anilines is 1. The summed E-state index contributed by atoms with van der Waals surface area (Å²) in [5.41, 5.74) is 1.42. The zero-order valence-electron chi connectivity index (χ0n) is 12.5. The monoisotopic (exact) mass is 420 g/mol. The summed E-state index contributed by atoms with van der Waals surface area (Å²) in [5, 5.41) is 2.95. The third kappa shape index (κ3) is 3.55. The Bertz CT molecular complexity index is 718. The molecule has 1 aliphatic heterocycles. The molecule has 2 amide bonds. The van der Waals surface area contributed by atoms with Crippen molar-refractivity contribution in [1.82, 2.24) is 4.90 Å². The second-order valence-corrected chi connectivity index (χ2v) is 6.65. The number of hydrogen-bond donors (Lipinski definition) is 1. The molecular weight excluding hydrogens is 403 g/mol. The second-order valence-electron chi connectivity index (χ2n) is 5.49. The van der Waals surface area contributed by atoms with Crippen LogP contribution in [0.1, 0.15) is 23.2 Å². The van der Waals surface area contributed by atoms with Crippen LogP contribution in [0.5, 0.6) is 0 Å². The third-order valence-electron chi connectivity index (χ3n) is 3.97. The number of carbonyl (C=O) groups excluding carboxylic acids is 2. The van der Waals surface area contributed by atoms with E-state index in [4.69, 9.17) is 0 Å². The summed E-state index contributed by atoms with van der Waals surface area (Å²) in [6.45, 7) is 0.623. The van der Waals surface area contributed by atoms with Gasteiger partial charge in [0.1, 0.15) is 6.04 Å². The van der Waals surface area contributed by atoms with Gasteiger partial charge in [0.2, 0.25) is 5.91 Å². The van der Waals surface area contributed by atoms with Crippen LogP contribution in [-0.2, 0) is 4.79 Å². The quantitative estimate of drug-likeness (QED) is 0.773. The van der Waals surface area contributed by atoms with Crippen LogP contribution < -0.4 is 5.32 Å². The van der Waals surface area contributed by atoms with Crippen molar-refractivity contribution in [2.24, 2.45) is 0 Å². The van der Waals surface area contributed by atoms with E-state index in [1.54, 1.807) is 17.0 Å². The van der Waals surface area contributed by atoms with Gasteiger partial charge in [-0.2, -0.15) is 0 Å². The van der Waals surface area contributed by atoms with E-state index < -0.39 is 6.04 Å². The molecule has 1 saturated heterocycles. The van der Waals surface area contributed by atoms with E-state index in [2.05, 4.69) is 27.9 Å². The normalized spacial score (nSPS) is 17.1. The summed E-state index contributed by atoms with van der Waals surface area (Å²) < 4.78 is 0.984. The number of carbonyl (C=O) groups is 2. The largest absolute Gasteiger partial charge is 0.327 e. The van der Waals surface area contributed by atoms with Crippen molar-refractivity contribution in [3.8, 4) is 0 Å². The van der Waals surface area contributed by atoms with Crippen molar-refractivity contribution in [2.45, 2.75) is 18.9 Å². The Hall–Kier alpha value is -1.89. The lowest BCUT2D eigenvalue weighted by molar-refractivity contribution is -0.119. The summed E-state index contributed by atoms with van der Waals surface area (Å²) in [7, 11) is 0. The van der Waals surface area contributed by atoms with Gasteiger partial charge in [-0.1, -0.05) is 30.3 Å². The first kappa shape index (κ1) is 16.0. The summed E-state index contributed by atoms with van der Waals surface area (Å²) in [6.07, 6.45) is 1.55. The molecule has 0 unspecified atom stereocenters. The summed E-state index contributed by atoms with van der Waals surface area (Å²) >= 11 is 2.19. The smallest absolute Gasteiger partial charge is 0.254 e. The molecule has 0 radical (unpaired) electrons. The topological polar surface area (TPSA) is 49.4 Å². The van der Waals surface area contributed by atoms with Crippen LogP contribution in [0.25, 0.3) is 0 Å². The molecule has 2 aromatic carbocycles. The highest BCUT2D eigenvalue weighted by Gasteiger charge is 2.34. The third-order valence-corrected chi connectivity index (χ3v) is 4.91. The first-order valence-corrected chi connectivity index (χ1v) is 8.66. The molecule has 1 heterocycles. The van der Waals surface area contributed by atoms with Crippen molar-refractivity contribution in [1.29, 1.82) is 0 Å². The molecule has 2 aromatic rings. The molecule has 1 aliphatic rings. The Labute approximate surface area is 149 Å². The summed E-state index contributed by atoms with van der Waals surface area (Å²) in [4.78, 5) is 26.9. The Morgan fingerprint density at radius 3 is 2.48 bits per heavy atom. The molecule has 23 heavy (non-hydrogen) atoms. The SMILES string of the molecule is O=C(Nc1ccccc1I)[C@@H]1CCCN1C(=O)c1ccccc1. The molecule has 0 spiro atoms. The van der Waals surface area contributed by atoms with Crippen LogP contribution in [0.15, 0.2) is 54.6 Å². The number of nitrogens with zero attached hydrogens (tertiary/aromatic N) is 1. The molecule has 118 valence electrons. The Balaban J connectivity index is 1.75. The number of hydrogen-bond acceptors (Lipinski definition) is 2. The lowest BCUT2D eigenvalue weighted by Crippen LogP contribution is -2.43. The summed E-state index contributed by atoms with van der Waals surface area (Å²) in [5.74, 6) is -0.193. The van der Waals surface area contributed by atoms with Crippen molar-refractivity contribution in [2.75, 3.05) is 11.9 Å². The molecule has 5 heteroatoms. The van der Waals surface area contributed by atoms with Gasteiger partial charge in [0, 0.05) is 15.7 Å². The molecule has 0 bridgehead atoms. The van der Waals surface area contributed by atoms with Gasteiger partial charge in [-0.25, -0.2) is 0 Å². The van der Waals surface area contributed by atoms with Crippen LogP contribution in [-0.4, -0.2) is 29.3 Å². The number of likely N-dealkylation sites (tertiary alicyclic amines) is 1. The fraction of sp³-hybridized carbons (Fsp3) is 0.222. The number of benzene rings is 2. The minimum Gasteiger partial charge on any atom is -0.327 e. The van der Waals surface area contributed by atoms with Gasteiger partial charge in [-0.3, -0.25) is 9.59 Å². The minimum absolute atomic E-state index is 0.0778. The molecule has 0 saturated carbocycles. The number of halogens is 1. The maximum atomic E-state index is 12.6. The molecule has 3 rings (SSSR count). The van der Waals surface area contributed by atoms with Crippen LogP contribution in [0.3, 0.4) is 0 Å². The van der Waals surface area contributed by atoms with Gasteiger partial charge in [0.05, 0.1) is 5.69 Å². The van der Waals surface area contributed by atoms with E-state index in [-0.39, 0.29) is 11.8 Å². The Kier molecular flexibility index (Phi) is 4.95. The van der Waals surface area contributed by atoms with Crippen molar-refractivity contribution >= 4 is 40.1 Å². The second kappa shape index (κ2) is 7.12. The molecule has 1 fully saturated rings. The molecule has 0 aliphatic carbocycles. The van der Waals surface area contributed by atoms with E-state index in [0.717, 1.165) is 15.7 Å².